The number of aromatic nitrogens is 2. The molecule has 0 N–H and O–H groups in total. The van der Waals surface area contributed by atoms with E-state index in [2.05, 4.69) is 25.9 Å². The number of rotatable bonds is 2. The van der Waals surface area contributed by atoms with Gasteiger partial charge in [0.1, 0.15) is 11.0 Å². The molecular formula is C11H7BrCl2N2. The highest BCUT2D eigenvalue weighted by atomic mass is 79.9. The fourth-order valence-electron chi connectivity index (χ4n) is 1.29. The molecule has 0 amide bonds. The van der Waals surface area contributed by atoms with Crippen molar-refractivity contribution >= 4 is 39.1 Å². The van der Waals surface area contributed by atoms with E-state index in [1.54, 1.807) is 6.20 Å². The van der Waals surface area contributed by atoms with Crippen molar-refractivity contribution in [3.8, 4) is 0 Å². The van der Waals surface area contributed by atoms with E-state index in [1.807, 2.05) is 24.3 Å². The van der Waals surface area contributed by atoms with Crippen LogP contribution in [0.5, 0.6) is 0 Å². The smallest absolute Gasteiger partial charge is 0.146 e. The highest BCUT2D eigenvalue weighted by molar-refractivity contribution is 9.10. The van der Waals surface area contributed by atoms with Gasteiger partial charge in [-0.15, -0.1) is 0 Å². The Bertz CT molecular complexity index is 517. The molecule has 0 unspecified atom stereocenters. The lowest BCUT2D eigenvalue weighted by Gasteiger charge is -2.02. The minimum atomic E-state index is 0.423. The van der Waals surface area contributed by atoms with Gasteiger partial charge in [-0.1, -0.05) is 35.3 Å². The maximum absolute atomic E-state index is 5.89. The Morgan fingerprint density at radius 3 is 2.75 bits per heavy atom. The van der Waals surface area contributed by atoms with Gasteiger partial charge in [0.15, 0.2) is 0 Å². The average molecular weight is 318 g/mol. The Morgan fingerprint density at radius 2 is 2.06 bits per heavy atom. The first-order valence-corrected chi connectivity index (χ1v) is 6.11. The quantitative estimate of drug-likeness (QED) is 0.778. The van der Waals surface area contributed by atoms with Gasteiger partial charge in [0.25, 0.3) is 0 Å². The Labute approximate surface area is 112 Å². The van der Waals surface area contributed by atoms with Gasteiger partial charge in [-0.2, -0.15) is 0 Å². The monoisotopic (exact) mass is 316 g/mol. The van der Waals surface area contributed by atoms with E-state index in [0.717, 1.165) is 5.56 Å². The van der Waals surface area contributed by atoms with Crippen LogP contribution in [0.3, 0.4) is 0 Å². The number of hydrogen-bond acceptors (Lipinski definition) is 2. The molecule has 82 valence electrons. The average Bonchev–Trinajstić information content (AvgIpc) is 2.24. The van der Waals surface area contributed by atoms with Crippen LogP contribution in [0.25, 0.3) is 0 Å². The van der Waals surface area contributed by atoms with E-state index >= 15 is 0 Å². The molecule has 1 aromatic heterocycles. The summed E-state index contributed by atoms with van der Waals surface area (Å²) >= 11 is 15.0. The van der Waals surface area contributed by atoms with Crippen LogP contribution in [0.4, 0.5) is 0 Å². The number of nitrogens with zero attached hydrogens (tertiary/aromatic N) is 2. The third-order valence-corrected chi connectivity index (χ3v) is 3.33. The van der Waals surface area contributed by atoms with Gasteiger partial charge >= 0.3 is 0 Å². The SMILES string of the molecule is Clc1cccc(Cc2ncc(Br)c(Cl)n2)c1. The van der Waals surface area contributed by atoms with Gasteiger partial charge in [0.2, 0.25) is 0 Å². The molecule has 16 heavy (non-hydrogen) atoms. The van der Waals surface area contributed by atoms with Crippen LogP contribution in [-0.4, -0.2) is 9.97 Å². The zero-order valence-corrected chi connectivity index (χ0v) is 11.2. The minimum absolute atomic E-state index is 0.423. The van der Waals surface area contributed by atoms with Gasteiger partial charge < -0.3 is 0 Å². The van der Waals surface area contributed by atoms with Crippen molar-refractivity contribution in [2.75, 3.05) is 0 Å². The summed E-state index contributed by atoms with van der Waals surface area (Å²) in [6, 6.07) is 7.60. The van der Waals surface area contributed by atoms with E-state index in [1.165, 1.54) is 0 Å². The summed E-state index contributed by atoms with van der Waals surface area (Å²) in [6.07, 6.45) is 2.27. The Morgan fingerprint density at radius 1 is 1.25 bits per heavy atom. The molecule has 2 nitrogen and oxygen atoms in total. The minimum Gasteiger partial charge on any atom is -0.240 e. The second-order valence-electron chi connectivity index (χ2n) is 3.23. The van der Waals surface area contributed by atoms with Crippen LogP contribution in [0, 0.1) is 0 Å². The fraction of sp³-hybridized carbons (Fsp3) is 0.0909. The van der Waals surface area contributed by atoms with E-state index in [9.17, 15) is 0 Å². The van der Waals surface area contributed by atoms with Crippen molar-refractivity contribution in [2.24, 2.45) is 0 Å². The van der Waals surface area contributed by atoms with Crippen LogP contribution < -0.4 is 0 Å². The molecule has 5 heteroatoms. The summed E-state index contributed by atoms with van der Waals surface area (Å²) in [7, 11) is 0. The van der Waals surface area contributed by atoms with Crippen LogP contribution >= 0.6 is 39.1 Å². The van der Waals surface area contributed by atoms with Crippen molar-refractivity contribution < 1.29 is 0 Å². The van der Waals surface area contributed by atoms with Crippen LogP contribution in [0.2, 0.25) is 10.2 Å². The molecule has 0 atom stereocenters. The van der Waals surface area contributed by atoms with E-state index < -0.39 is 0 Å². The van der Waals surface area contributed by atoms with Gasteiger partial charge in [0, 0.05) is 17.6 Å². The van der Waals surface area contributed by atoms with Crippen molar-refractivity contribution in [3.63, 3.8) is 0 Å². The summed E-state index contributed by atoms with van der Waals surface area (Å²) in [4.78, 5) is 8.34. The third kappa shape index (κ3) is 2.94. The summed E-state index contributed by atoms with van der Waals surface area (Å²) in [5.74, 6) is 0.676. The first-order chi connectivity index (χ1) is 7.65. The van der Waals surface area contributed by atoms with Gasteiger partial charge in [-0.05, 0) is 33.6 Å². The Balaban J connectivity index is 2.24. The number of benzene rings is 1. The molecule has 1 heterocycles. The molecule has 0 aliphatic heterocycles. The standard InChI is InChI=1S/C11H7BrCl2N2/c12-9-6-15-10(16-11(9)14)5-7-2-1-3-8(13)4-7/h1-4,6H,5H2. The normalized spacial score (nSPS) is 10.4. The predicted molar refractivity (Wildman–Crippen MR) is 69.0 cm³/mol. The molecule has 0 aliphatic carbocycles. The highest BCUT2D eigenvalue weighted by Gasteiger charge is 2.04. The summed E-state index contributed by atoms with van der Waals surface area (Å²) in [5, 5.41) is 1.13. The van der Waals surface area contributed by atoms with Gasteiger partial charge in [0.05, 0.1) is 4.47 Å². The highest BCUT2D eigenvalue weighted by Crippen LogP contribution is 2.19. The second-order valence-corrected chi connectivity index (χ2v) is 4.88. The summed E-state index contributed by atoms with van der Waals surface area (Å²) < 4.78 is 0.698. The molecule has 0 saturated carbocycles. The van der Waals surface area contributed by atoms with Crippen molar-refractivity contribution in [3.05, 3.63) is 56.5 Å². The number of halogens is 3. The van der Waals surface area contributed by atoms with E-state index in [4.69, 9.17) is 23.2 Å². The first kappa shape index (κ1) is 11.8. The topological polar surface area (TPSA) is 25.8 Å². The second kappa shape index (κ2) is 5.13. The molecule has 0 aliphatic rings. The van der Waals surface area contributed by atoms with Crippen molar-refractivity contribution in [1.82, 2.24) is 9.97 Å². The molecule has 0 bridgehead atoms. The fourth-order valence-corrected chi connectivity index (χ4v) is 1.84. The zero-order valence-electron chi connectivity index (χ0n) is 8.12. The lowest BCUT2D eigenvalue weighted by molar-refractivity contribution is 0.962. The largest absolute Gasteiger partial charge is 0.240 e. The van der Waals surface area contributed by atoms with Crippen LogP contribution in [0.15, 0.2) is 34.9 Å². The van der Waals surface area contributed by atoms with Crippen LogP contribution in [-0.2, 0) is 6.42 Å². The first-order valence-electron chi connectivity index (χ1n) is 4.56. The predicted octanol–water partition coefficient (Wildman–Crippen LogP) is 4.14. The maximum Gasteiger partial charge on any atom is 0.146 e. The lowest BCUT2D eigenvalue weighted by Crippen LogP contribution is -1.96. The molecular weight excluding hydrogens is 311 g/mol. The van der Waals surface area contributed by atoms with Crippen LogP contribution in [0.1, 0.15) is 11.4 Å². The Hall–Kier alpha value is -0.640. The summed E-state index contributed by atoms with van der Waals surface area (Å²) in [5.41, 5.74) is 1.06. The molecule has 0 spiro atoms. The molecule has 0 fully saturated rings. The van der Waals surface area contributed by atoms with Gasteiger partial charge in [-0.3, -0.25) is 0 Å². The molecule has 2 aromatic rings. The molecule has 0 radical (unpaired) electrons. The summed E-state index contributed by atoms with van der Waals surface area (Å²) in [6.45, 7) is 0. The van der Waals surface area contributed by atoms with E-state index in [-0.39, 0.29) is 0 Å². The number of hydrogen-bond donors (Lipinski definition) is 0. The molecule has 2 rings (SSSR count). The molecule has 1 aromatic carbocycles. The van der Waals surface area contributed by atoms with Gasteiger partial charge in [-0.25, -0.2) is 9.97 Å². The van der Waals surface area contributed by atoms with E-state index in [0.29, 0.717) is 26.9 Å². The van der Waals surface area contributed by atoms with Crippen molar-refractivity contribution in [2.45, 2.75) is 6.42 Å². The van der Waals surface area contributed by atoms with Crippen molar-refractivity contribution in [1.29, 1.82) is 0 Å². The lowest BCUT2D eigenvalue weighted by atomic mass is 10.1. The Kier molecular flexibility index (Phi) is 3.79. The maximum atomic E-state index is 5.89. The third-order valence-electron chi connectivity index (χ3n) is 2.00. The molecule has 0 saturated heterocycles. The zero-order chi connectivity index (χ0) is 11.5.